The van der Waals surface area contributed by atoms with Crippen molar-refractivity contribution in [3.8, 4) is 5.75 Å². The first-order valence-corrected chi connectivity index (χ1v) is 8.64. The van der Waals surface area contributed by atoms with Crippen molar-refractivity contribution in [2.24, 2.45) is 0 Å². The normalized spacial score (nSPS) is 11.9. The quantitative estimate of drug-likeness (QED) is 0.715. The molecule has 0 aliphatic carbocycles. The Kier molecular flexibility index (Phi) is 5.34. The summed E-state index contributed by atoms with van der Waals surface area (Å²) in [4.78, 5) is 12.4. The lowest BCUT2D eigenvalue weighted by atomic mass is 10.1. The molecule has 0 saturated carbocycles. The molecule has 0 spiro atoms. The van der Waals surface area contributed by atoms with E-state index in [1.54, 1.807) is 0 Å². The number of carbonyl (C=O) groups excluding carboxylic acids is 1. The van der Waals surface area contributed by atoms with E-state index in [9.17, 15) is 4.79 Å². The van der Waals surface area contributed by atoms with E-state index in [1.807, 2.05) is 56.3 Å². The Morgan fingerprint density at radius 1 is 1.00 bits per heavy atom. The van der Waals surface area contributed by atoms with Crippen LogP contribution in [-0.4, -0.2) is 12.0 Å². The highest BCUT2D eigenvalue weighted by Crippen LogP contribution is 2.17. The number of carbonyl (C=O) groups is 1. The summed E-state index contributed by atoms with van der Waals surface area (Å²) >= 11 is 0. The van der Waals surface area contributed by atoms with Gasteiger partial charge in [0.15, 0.2) is 6.10 Å². The second-order valence-electron chi connectivity index (χ2n) is 6.23. The monoisotopic (exact) mass is 333 g/mol. The molecule has 128 valence electrons. The van der Waals surface area contributed by atoms with Crippen LogP contribution in [0.4, 0.5) is 0 Å². The molecule has 0 aliphatic rings. The highest BCUT2D eigenvalue weighted by Gasteiger charge is 2.18. The zero-order valence-corrected chi connectivity index (χ0v) is 14.7. The van der Waals surface area contributed by atoms with Gasteiger partial charge in [-0.3, -0.25) is 4.79 Å². The van der Waals surface area contributed by atoms with Gasteiger partial charge in [0.05, 0.1) is 0 Å². The van der Waals surface area contributed by atoms with Crippen molar-refractivity contribution in [3.63, 3.8) is 0 Å². The van der Waals surface area contributed by atoms with E-state index in [4.69, 9.17) is 4.74 Å². The average Bonchev–Trinajstić information content (AvgIpc) is 2.65. The number of ether oxygens (including phenoxy) is 1. The topological polar surface area (TPSA) is 38.3 Å². The van der Waals surface area contributed by atoms with Crippen LogP contribution in [0.1, 0.15) is 24.5 Å². The summed E-state index contributed by atoms with van der Waals surface area (Å²) in [6.45, 7) is 4.48. The molecule has 0 heterocycles. The van der Waals surface area contributed by atoms with Crippen LogP contribution in [0.15, 0.2) is 66.7 Å². The third kappa shape index (κ3) is 4.38. The lowest BCUT2D eigenvalue weighted by Gasteiger charge is -2.17. The van der Waals surface area contributed by atoms with Gasteiger partial charge < -0.3 is 10.1 Å². The molecule has 0 radical (unpaired) electrons. The maximum Gasteiger partial charge on any atom is 0.261 e. The van der Waals surface area contributed by atoms with Gasteiger partial charge in [0.25, 0.3) is 5.91 Å². The van der Waals surface area contributed by atoms with Gasteiger partial charge in [0.2, 0.25) is 0 Å². The minimum Gasteiger partial charge on any atom is -0.481 e. The van der Waals surface area contributed by atoms with Gasteiger partial charge in [-0.2, -0.15) is 0 Å². The third-order valence-corrected chi connectivity index (χ3v) is 4.24. The first kappa shape index (κ1) is 17.0. The summed E-state index contributed by atoms with van der Waals surface area (Å²) in [7, 11) is 0. The third-order valence-electron chi connectivity index (χ3n) is 4.24. The van der Waals surface area contributed by atoms with Gasteiger partial charge in [-0.1, -0.05) is 61.0 Å². The van der Waals surface area contributed by atoms with E-state index in [0.29, 0.717) is 13.0 Å². The lowest BCUT2D eigenvalue weighted by Crippen LogP contribution is -2.37. The van der Waals surface area contributed by atoms with Crippen LogP contribution in [0.2, 0.25) is 0 Å². The molecule has 0 aromatic heterocycles. The van der Waals surface area contributed by atoms with Crippen LogP contribution in [0, 0.1) is 6.92 Å². The zero-order chi connectivity index (χ0) is 17.6. The SMILES string of the molecule is CCC(Oc1ccc(C)cc1)C(=O)NCc1ccc2ccccc2c1. The minimum atomic E-state index is -0.483. The van der Waals surface area contributed by atoms with E-state index in [-0.39, 0.29) is 5.91 Å². The Morgan fingerprint density at radius 2 is 1.72 bits per heavy atom. The Balaban J connectivity index is 1.62. The van der Waals surface area contributed by atoms with Crippen molar-refractivity contribution >= 4 is 16.7 Å². The van der Waals surface area contributed by atoms with Crippen LogP contribution in [-0.2, 0) is 11.3 Å². The Bertz CT molecular complexity index is 855. The Morgan fingerprint density at radius 3 is 2.44 bits per heavy atom. The number of aryl methyl sites for hydroxylation is 1. The van der Waals surface area contributed by atoms with E-state index < -0.39 is 6.10 Å². The first-order valence-electron chi connectivity index (χ1n) is 8.64. The molecule has 25 heavy (non-hydrogen) atoms. The van der Waals surface area contributed by atoms with Gasteiger partial charge in [-0.05, 0) is 47.9 Å². The molecule has 1 atom stereocenters. The first-order chi connectivity index (χ1) is 12.2. The fourth-order valence-corrected chi connectivity index (χ4v) is 2.76. The highest BCUT2D eigenvalue weighted by molar-refractivity contribution is 5.83. The summed E-state index contributed by atoms with van der Waals surface area (Å²) in [5.41, 5.74) is 2.25. The molecule has 0 bridgehead atoms. The van der Waals surface area contributed by atoms with Crippen molar-refractivity contribution in [1.82, 2.24) is 5.32 Å². The second kappa shape index (κ2) is 7.84. The molecule has 1 N–H and O–H groups in total. The fraction of sp³-hybridized carbons (Fsp3) is 0.227. The number of nitrogens with one attached hydrogen (secondary N) is 1. The van der Waals surface area contributed by atoms with E-state index >= 15 is 0 Å². The Labute approximate surface area is 148 Å². The van der Waals surface area contributed by atoms with Gasteiger partial charge in [-0.25, -0.2) is 0 Å². The number of benzene rings is 3. The van der Waals surface area contributed by atoms with Crippen molar-refractivity contribution in [2.75, 3.05) is 0 Å². The van der Waals surface area contributed by atoms with E-state index in [0.717, 1.165) is 11.3 Å². The molecule has 3 heteroatoms. The summed E-state index contributed by atoms with van der Waals surface area (Å²) < 4.78 is 5.83. The summed E-state index contributed by atoms with van der Waals surface area (Å²) in [6.07, 6.45) is 0.139. The minimum absolute atomic E-state index is 0.0868. The number of fused-ring (bicyclic) bond motifs is 1. The molecular weight excluding hydrogens is 310 g/mol. The van der Waals surface area contributed by atoms with Crippen LogP contribution < -0.4 is 10.1 Å². The van der Waals surface area contributed by atoms with Crippen molar-refractivity contribution < 1.29 is 9.53 Å². The number of amides is 1. The molecular formula is C22H23NO2. The van der Waals surface area contributed by atoms with Gasteiger partial charge in [-0.15, -0.1) is 0 Å². The van der Waals surface area contributed by atoms with E-state index in [1.165, 1.54) is 16.3 Å². The van der Waals surface area contributed by atoms with Crippen molar-refractivity contribution in [3.05, 3.63) is 77.9 Å². The molecule has 3 aromatic carbocycles. The van der Waals surface area contributed by atoms with Crippen LogP contribution >= 0.6 is 0 Å². The van der Waals surface area contributed by atoms with Crippen LogP contribution in [0.5, 0.6) is 5.75 Å². The fourth-order valence-electron chi connectivity index (χ4n) is 2.76. The second-order valence-corrected chi connectivity index (χ2v) is 6.23. The maximum atomic E-state index is 12.4. The smallest absolute Gasteiger partial charge is 0.261 e. The van der Waals surface area contributed by atoms with Gasteiger partial charge in [0, 0.05) is 6.54 Å². The molecule has 0 aliphatic heterocycles. The molecule has 0 saturated heterocycles. The molecule has 3 aromatic rings. The predicted octanol–water partition coefficient (Wildman–Crippen LogP) is 4.62. The standard InChI is InChI=1S/C22H23NO2/c1-3-21(25-20-12-8-16(2)9-13-20)22(24)23-15-17-10-11-18-6-4-5-7-19(18)14-17/h4-14,21H,3,15H2,1-2H3,(H,23,24). The van der Waals surface area contributed by atoms with Crippen LogP contribution in [0.25, 0.3) is 10.8 Å². The van der Waals surface area contributed by atoms with E-state index in [2.05, 4.69) is 29.6 Å². The number of rotatable bonds is 6. The maximum absolute atomic E-state index is 12.4. The summed E-state index contributed by atoms with van der Waals surface area (Å²) in [5.74, 6) is 0.634. The summed E-state index contributed by atoms with van der Waals surface area (Å²) in [6, 6.07) is 22.2. The molecule has 3 nitrogen and oxygen atoms in total. The number of hydrogen-bond acceptors (Lipinski definition) is 2. The molecule has 3 rings (SSSR count). The molecule has 0 fully saturated rings. The largest absolute Gasteiger partial charge is 0.481 e. The number of hydrogen-bond donors (Lipinski definition) is 1. The lowest BCUT2D eigenvalue weighted by molar-refractivity contribution is -0.128. The average molecular weight is 333 g/mol. The van der Waals surface area contributed by atoms with Gasteiger partial charge >= 0.3 is 0 Å². The van der Waals surface area contributed by atoms with Crippen molar-refractivity contribution in [1.29, 1.82) is 0 Å². The predicted molar refractivity (Wildman–Crippen MR) is 102 cm³/mol. The van der Waals surface area contributed by atoms with Gasteiger partial charge in [0.1, 0.15) is 5.75 Å². The van der Waals surface area contributed by atoms with Crippen LogP contribution in [0.3, 0.4) is 0 Å². The Hall–Kier alpha value is -2.81. The molecule has 1 amide bonds. The summed E-state index contributed by atoms with van der Waals surface area (Å²) in [5, 5.41) is 5.36. The molecule has 1 unspecified atom stereocenters. The van der Waals surface area contributed by atoms with Crippen molar-refractivity contribution in [2.45, 2.75) is 32.9 Å². The zero-order valence-electron chi connectivity index (χ0n) is 14.7. The highest BCUT2D eigenvalue weighted by atomic mass is 16.5.